The third kappa shape index (κ3) is 2.66. The monoisotopic (exact) mass is 219 g/mol. The number of rotatable bonds is 2. The second-order valence-corrected chi connectivity index (χ2v) is 4.44. The van der Waals surface area contributed by atoms with Crippen molar-refractivity contribution in [1.29, 1.82) is 0 Å². The molecule has 1 rings (SSSR count). The molecule has 7 nitrogen and oxygen atoms in total. The minimum Gasteiger partial charge on any atom is -0.369 e. The number of hydrogen-bond donors (Lipinski definition) is 3. The van der Waals surface area contributed by atoms with Gasteiger partial charge in [0.05, 0.1) is 0 Å². The van der Waals surface area contributed by atoms with Gasteiger partial charge in [0.25, 0.3) is 5.56 Å². The molecule has 1 heterocycles. The highest BCUT2D eigenvalue weighted by molar-refractivity contribution is 7.50. The fraction of sp³-hybridized carbons (Fsp3) is 0.333. The number of aryl methyl sites for hydroxylation is 1. The predicted octanol–water partition coefficient (Wildman–Crippen LogP) is -0.731. The third-order valence-corrected chi connectivity index (χ3v) is 2.14. The number of nitrogen functional groups attached to an aromatic ring is 1. The van der Waals surface area contributed by atoms with Crippen molar-refractivity contribution in [2.45, 2.75) is 13.2 Å². The molecular weight excluding hydrogens is 209 g/mol. The predicted molar refractivity (Wildman–Crippen MR) is 49.7 cm³/mol. The van der Waals surface area contributed by atoms with Crippen LogP contribution < -0.4 is 11.3 Å². The zero-order valence-electron chi connectivity index (χ0n) is 7.41. The van der Waals surface area contributed by atoms with Crippen molar-refractivity contribution in [2.75, 3.05) is 5.73 Å². The van der Waals surface area contributed by atoms with Crippen molar-refractivity contribution in [3.8, 4) is 0 Å². The summed E-state index contributed by atoms with van der Waals surface area (Å²) < 4.78 is 11.4. The summed E-state index contributed by atoms with van der Waals surface area (Å²) in [6.07, 6.45) is -0.745. The topological polar surface area (TPSA) is 118 Å². The molecular formula is C6H10N3O4P. The van der Waals surface area contributed by atoms with Crippen LogP contribution in [0.5, 0.6) is 0 Å². The summed E-state index contributed by atoms with van der Waals surface area (Å²) >= 11 is 0. The summed E-state index contributed by atoms with van der Waals surface area (Å²) in [6.45, 7) is 1.57. The lowest BCUT2D eigenvalue weighted by molar-refractivity contribution is 0.361. The lowest BCUT2D eigenvalue weighted by Gasteiger charge is -2.09. The first-order valence-electron chi connectivity index (χ1n) is 3.68. The molecule has 0 aromatic carbocycles. The van der Waals surface area contributed by atoms with E-state index in [0.29, 0.717) is 5.69 Å². The van der Waals surface area contributed by atoms with E-state index in [0.717, 1.165) is 10.6 Å². The fourth-order valence-corrected chi connectivity index (χ4v) is 1.62. The summed E-state index contributed by atoms with van der Waals surface area (Å²) in [7, 11) is -4.31. The molecule has 8 heteroatoms. The van der Waals surface area contributed by atoms with Gasteiger partial charge < -0.3 is 15.5 Å². The average molecular weight is 219 g/mol. The standard InChI is InChI=1S/C6H10N3O4P/c1-4-2-5(10)9(6(7)8-4)3-14(11,12)13/h2H,3H2,1H3,(H2,7,8)(H2,11,12,13). The van der Waals surface area contributed by atoms with Gasteiger partial charge in [-0.3, -0.25) is 13.9 Å². The van der Waals surface area contributed by atoms with Crippen LogP contribution in [0.15, 0.2) is 10.9 Å². The molecule has 0 aliphatic carbocycles. The van der Waals surface area contributed by atoms with E-state index in [9.17, 15) is 9.36 Å². The molecule has 14 heavy (non-hydrogen) atoms. The van der Waals surface area contributed by atoms with Crippen LogP contribution in [0.2, 0.25) is 0 Å². The Morgan fingerprint density at radius 1 is 1.64 bits per heavy atom. The molecule has 78 valence electrons. The maximum atomic E-state index is 11.2. The van der Waals surface area contributed by atoms with Gasteiger partial charge in [-0.05, 0) is 6.92 Å². The first-order chi connectivity index (χ1) is 6.29. The molecule has 0 aliphatic rings. The lowest BCUT2D eigenvalue weighted by Crippen LogP contribution is -2.24. The maximum absolute atomic E-state index is 11.2. The Bertz CT molecular complexity index is 449. The Morgan fingerprint density at radius 2 is 2.21 bits per heavy atom. The van der Waals surface area contributed by atoms with E-state index >= 15 is 0 Å². The molecule has 0 spiro atoms. The highest BCUT2D eigenvalue weighted by atomic mass is 31.2. The largest absolute Gasteiger partial charge is 0.369 e. The molecule has 0 radical (unpaired) electrons. The van der Waals surface area contributed by atoms with Gasteiger partial charge in [0.1, 0.15) is 6.29 Å². The van der Waals surface area contributed by atoms with E-state index in [2.05, 4.69) is 4.98 Å². The van der Waals surface area contributed by atoms with E-state index < -0.39 is 19.4 Å². The molecule has 1 aromatic heterocycles. The fourth-order valence-electron chi connectivity index (χ4n) is 0.969. The van der Waals surface area contributed by atoms with Gasteiger partial charge in [0.2, 0.25) is 5.95 Å². The summed E-state index contributed by atoms with van der Waals surface area (Å²) in [5.74, 6) is -0.196. The van der Waals surface area contributed by atoms with Crippen LogP contribution in [0.25, 0.3) is 0 Å². The molecule has 0 aliphatic heterocycles. The Balaban J connectivity index is 3.23. The molecule has 1 aromatic rings. The first kappa shape index (κ1) is 10.9. The summed E-state index contributed by atoms with van der Waals surface area (Å²) in [4.78, 5) is 32.3. The van der Waals surface area contributed by atoms with Crippen molar-refractivity contribution in [2.24, 2.45) is 0 Å². The highest BCUT2D eigenvalue weighted by Gasteiger charge is 2.17. The molecule has 0 atom stereocenters. The summed E-state index contributed by atoms with van der Waals surface area (Å²) in [5.41, 5.74) is 5.18. The van der Waals surface area contributed by atoms with Crippen molar-refractivity contribution in [3.05, 3.63) is 22.1 Å². The highest BCUT2D eigenvalue weighted by Crippen LogP contribution is 2.36. The number of nitrogens with two attached hydrogens (primary N) is 1. The van der Waals surface area contributed by atoms with E-state index in [1.807, 2.05) is 0 Å². The molecule has 0 saturated heterocycles. The molecule has 0 saturated carbocycles. The van der Waals surface area contributed by atoms with Gasteiger partial charge in [-0.1, -0.05) is 0 Å². The Labute approximate surface area is 79.4 Å². The van der Waals surface area contributed by atoms with Crippen molar-refractivity contribution in [1.82, 2.24) is 9.55 Å². The van der Waals surface area contributed by atoms with E-state index in [-0.39, 0.29) is 5.95 Å². The van der Waals surface area contributed by atoms with Crippen LogP contribution >= 0.6 is 7.60 Å². The molecule has 0 unspecified atom stereocenters. The molecule has 4 N–H and O–H groups in total. The molecule has 0 bridgehead atoms. The summed E-state index contributed by atoms with van der Waals surface area (Å²) in [6, 6.07) is 1.16. The second kappa shape index (κ2) is 3.53. The number of nitrogens with zero attached hydrogens (tertiary/aromatic N) is 2. The lowest BCUT2D eigenvalue weighted by atomic mass is 10.4. The van der Waals surface area contributed by atoms with Crippen LogP contribution in [-0.2, 0) is 10.9 Å². The van der Waals surface area contributed by atoms with Crippen LogP contribution in [0, 0.1) is 6.92 Å². The van der Waals surface area contributed by atoms with Crippen molar-refractivity contribution >= 4 is 13.5 Å². The van der Waals surface area contributed by atoms with E-state index in [1.165, 1.54) is 0 Å². The van der Waals surface area contributed by atoms with Crippen LogP contribution in [0.1, 0.15) is 5.69 Å². The minimum atomic E-state index is -4.31. The van der Waals surface area contributed by atoms with Crippen molar-refractivity contribution < 1.29 is 14.4 Å². The average Bonchev–Trinajstić information content (AvgIpc) is 1.95. The van der Waals surface area contributed by atoms with Crippen molar-refractivity contribution in [3.63, 3.8) is 0 Å². The minimum absolute atomic E-state index is 0.196. The quantitative estimate of drug-likeness (QED) is 0.564. The van der Waals surface area contributed by atoms with E-state index in [4.69, 9.17) is 15.5 Å². The van der Waals surface area contributed by atoms with Gasteiger partial charge in [-0.2, -0.15) is 0 Å². The summed E-state index contributed by atoms with van der Waals surface area (Å²) in [5, 5.41) is 0. The smallest absolute Gasteiger partial charge is 0.345 e. The zero-order chi connectivity index (χ0) is 10.9. The first-order valence-corrected chi connectivity index (χ1v) is 5.48. The molecule has 0 amide bonds. The van der Waals surface area contributed by atoms with Crippen LogP contribution in [0.4, 0.5) is 5.95 Å². The van der Waals surface area contributed by atoms with Gasteiger partial charge in [0.15, 0.2) is 0 Å². The van der Waals surface area contributed by atoms with Gasteiger partial charge in [-0.15, -0.1) is 0 Å². The van der Waals surface area contributed by atoms with Gasteiger partial charge in [-0.25, -0.2) is 4.98 Å². The second-order valence-electron chi connectivity index (χ2n) is 2.83. The Morgan fingerprint density at radius 3 is 2.64 bits per heavy atom. The maximum Gasteiger partial charge on any atom is 0.345 e. The number of anilines is 1. The number of aromatic nitrogens is 2. The zero-order valence-corrected chi connectivity index (χ0v) is 8.31. The normalized spacial score (nSPS) is 11.6. The van der Waals surface area contributed by atoms with Gasteiger partial charge in [0, 0.05) is 11.8 Å². The SMILES string of the molecule is Cc1cc(=O)n(CP(=O)(O)O)c(N)n1. The van der Waals surface area contributed by atoms with Gasteiger partial charge >= 0.3 is 7.60 Å². The van der Waals surface area contributed by atoms with Crippen LogP contribution in [0.3, 0.4) is 0 Å². The Hall–Kier alpha value is -1.17. The number of hydrogen-bond acceptors (Lipinski definition) is 4. The third-order valence-electron chi connectivity index (χ3n) is 1.49. The molecule has 0 fully saturated rings. The Kier molecular flexibility index (Phi) is 2.75. The van der Waals surface area contributed by atoms with Crippen LogP contribution in [-0.4, -0.2) is 19.3 Å². The van der Waals surface area contributed by atoms with E-state index in [1.54, 1.807) is 6.92 Å².